The number of nitrogens with one attached hydrogen (secondary N) is 1. The third-order valence-electron chi connectivity index (χ3n) is 3.50. The molecular formula is C12H16N2O3. The van der Waals surface area contributed by atoms with Gasteiger partial charge >= 0.3 is 5.97 Å². The van der Waals surface area contributed by atoms with Gasteiger partial charge in [-0.05, 0) is 31.9 Å². The second-order valence-electron chi connectivity index (χ2n) is 4.69. The fourth-order valence-corrected chi connectivity index (χ4v) is 1.80. The fraction of sp³-hybridized carbons (Fsp3) is 0.500. The molecule has 1 aliphatic rings. The summed E-state index contributed by atoms with van der Waals surface area (Å²) in [5.41, 5.74) is 0.841. The lowest BCUT2D eigenvalue weighted by molar-refractivity contribution is -0.143. The van der Waals surface area contributed by atoms with E-state index in [1.165, 1.54) is 0 Å². The highest BCUT2D eigenvalue weighted by molar-refractivity contribution is 5.93. The highest BCUT2D eigenvalue weighted by Gasteiger charge is 2.50. The molecule has 0 bridgehead atoms. The number of nitrogens with zero attached hydrogens (tertiary/aromatic N) is 1. The molecule has 1 fully saturated rings. The van der Waals surface area contributed by atoms with Gasteiger partial charge in [0.2, 0.25) is 0 Å². The van der Waals surface area contributed by atoms with E-state index in [2.05, 4.69) is 5.32 Å². The van der Waals surface area contributed by atoms with Crippen LogP contribution in [0.2, 0.25) is 0 Å². The molecule has 1 heterocycles. The summed E-state index contributed by atoms with van der Waals surface area (Å²) < 4.78 is 1.79. The molecule has 2 N–H and O–H groups in total. The maximum Gasteiger partial charge on any atom is 0.311 e. The summed E-state index contributed by atoms with van der Waals surface area (Å²) in [7, 11) is 1.81. The zero-order valence-corrected chi connectivity index (χ0v) is 9.99. The van der Waals surface area contributed by atoms with Gasteiger partial charge in [-0.15, -0.1) is 0 Å². The second-order valence-corrected chi connectivity index (χ2v) is 4.69. The predicted molar refractivity (Wildman–Crippen MR) is 61.8 cm³/mol. The van der Waals surface area contributed by atoms with E-state index in [1.54, 1.807) is 10.6 Å². The number of amides is 1. The predicted octanol–water partition coefficient (Wildman–Crippen LogP) is 0.928. The standard InChI is InChI=1S/C12H16N2O3/c1-8-3-4-9(14(8)2)10(15)13-7-12(5-6-12)11(16)17/h3-4H,5-7H2,1-2H3,(H,13,15)(H,16,17). The van der Waals surface area contributed by atoms with Crippen LogP contribution >= 0.6 is 0 Å². The fourth-order valence-electron chi connectivity index (χ4n) is 1.80. The topological polar surface area (TPSA) is 71.3 Å². The zero-order chi connectivity index (χ0) is 12.6. The molecule has 0 atom stereocenters. The van der Waals surface area contributed by atoms with Crippen molar-refractivity contribution in [3.63, 3.8) is 0 Å². The lowest BCUT2D eigenvalue weighted by atomic mass is 10.1. The largest absolute Gasteiger partial charge is 0.481 e. The minimum Gasteiger partial charge on any atom is -0.481 e. The van der Waals surface area contributed by atoms with E-state index in [-0.39, 0.29) is 12.5 Å². The van der Waals surface area contributed by atoms with Crippen molar-refractivity contribution in [3.05, 3.63) is 23.5 Å². The molecule has 0 saturated heterocycles. The molecule has 0 aliphatic heterocycles. The van der Waals surface area contributed by atoms with Crippen molar-refractivity contribution in [1.82, 2.24) is 9.88 Å². The maximum absolute atomic E-state index is 11.9. The van der Waals surface area contributed by atoms with E-state index >= 15 is 0 Å². The van der Waals surface area contributed by atoms with Gasteiger partial charge in [-0.1, -0.05) is 0 Å². The molecule has 1 amide bonds. The summed E-state index contributed by atoms with van der Waals surface area (Å²) in [4.78, 5) is 22.8. The highest BCUT2D eigenvalue weighted by atomic mass is 16.4. The molecule has 92 valence electrons. The average Bonchev–Trinajstić information content (AvgIpc) is 3.00. The minimum absolute atomic E-state index is 0.214. The Kier molecular flexibility index (Phi) is 2.69. The summed E-state index contributed by atoms with van der Waals surface area (Å²) in [6, 6.07) is 3.60. The van der Waals surface area contributed by atoms with Crippen LogP contribution in [0.25, 0.3) is 0 Å². The lowest BCUT2D eigenvalue weighted by Gasteiger charge is -2.11. The quantitative estimate of drug-likeness (QED) is 0.816. The molecule has 1 saturated carbocycles. The van der Waals surface area contributed by atoms with Crippen molar-refractivity contribution in [2.45, 2.75) is 19.8 Å². The normalized spacial score (nSPS) is 16.6. The Labute approximate surface area is 99.4 Å². The first-order valence-electron chi connectivity index (χ1n) is 5.60. The number of carboxylic acids is 1. The van der Waals surface area contributed by atoms with E-state index in [4.69, 9.17) is 5.11 Å². The van der Waals surface area contributed by atoms with E-state index in [0.717, 1.165) is 5.69 Å². The van der Waals surface area contributed by atoms with Gasteiger partial charge in [-0.2, -0.15) is 0 Å². The molecule has 0 aromatic carbocycles. The number of carboxylic acid groups (broad SMARTS) is 1. The molecule has 5 heteroatoms. The summed E-state index contributed by atoms with van der Waals surface area (Å²) >= 11 is 0. The van der Waals surface area contributed by atoms with Crippen LogP contribution in [-0.4, -0.2) is 28.1 Å². The summed E-state index contributed by atoms with van der Waals surface area (Å²) in [6.07, 6.45) is 1.30. The summed E-state index contributed by atoms with van der Waals surface area (Å²) in [6.45, 7) is 2.13. The smallest absolute Gasteiger partial charge is 0.311 e. The number of aryl methyl sites for hydroxylation is 1. The van der Waals surface area contributed by atoms with Gasteiger partial charge in [0.25, 0.3) is 5.91 Å². The third kappa shape index (κ3) is 2.05. The molecule has 2 rings (SSSR count). The van der Waals surface area contributed by atoms with Gasteiger partial charge in [0.05, 0.1) is 5.41 Å². The van der Waals surface area contributed by atoms with E-state index < -0.39 is 11.4 Å². The van der Waals surface area contributed by atoms with E-state index in [9.17, 15) is 9.59 Å². The first kappa shape index (κ1) is 11.7. The molecule has 1 aliphatic carbocycles. The first-order chi connectivity index (χ1) is 7.96. The van der Waals surface area contributed by atoms with Gasteiger partial charge in [-0.25, -0.2) is 0 Å². The Morgan fingerprint density at radius 2 is 2.12 bits per heavy atom. The van der Waals surface area contributed by atoms with Crippen LogP contribution in [0.3, 0.4) is 0 Å². The monoisotopic (exact) mass is 236 g/mol. The van der Waals surface area contributed by atoms with Crippen LogP contribution in [-0.2, 0) is 11.8 Å². The number of hydrogen-bond acceptors (Lipinski definition) is 2. The highest BCUT2D eigenvalue weighted by Crippen LogP contribution is 2.45. The van der Waals surface area contributed by atoms with Crippen molar-refractivity contribution in [2.75, 3.05) is 6.54 Å². The Bertz CT molecular complexity index is 472. The van der Waals surface area contributed by atoms with Crippen molar-refractivity contribution >= 4 is 11.9 Å². The number of aliphatic carboxylic acids is 1. The van der Waals surface area contributed by atoms with E-state index in [0.29, 0.717) is 18.5 Å². The van der Waals surface area contributed by atoms with Crippen LogP contribution < -0.4 is 5.32 Å². The van der Waals surface area contributed by atoms with Gasteiger partial charge < -0.3 is 15.0 Å². The van der Waals surface area contributed by atoms with Crippen LogP contribution in [0, 0.1) is 12.3 Å². The molecule has 1 aromatic rings. The minimum atomic E-state index is -0.819. The van der Waals surface area contributed by atoms with Crippen molar-refractivity contribution in [3.8, 4) is 0 Å². The lowest BCUT2D eigenvalue weighted by Crippen LogP contribution is -2.35. The molecule has 5 nitrogen and oxygen atoms in total. The Morgan fingerprint density at radius 1 is 1.47 bits per heavy atom. The van der Waals surface area contributed by atoms with Crippen LogP contribution in [0.5, 0.6) is 0 Å². The molecular weight excluding hydrogens is 220 g/mol. The number of rotatable bonds is 4. The molecule has 0 spiro atoms. The SMILES string of the molecule is Cc1ccc(C(=O)NCC2(C(=O)O)CC2)n1C. The summed E-state index contributed by atoms with van der Waals surface area (Å²) in [5.74, 6) is -1.03. The zero-order valence-electron chi connectivity index (χ0n) is 9.99. The van der Waals surface area contributed by atoms with Crippen molar-refractivity contribution in [1.29, 1.82) is 0 Å². The molecule has 17 heavy (non-hydrogen) atoms. The van der Waals surface area contributed by atoms with Gasteiger partial charge in [0, 0.05) is 19.3 Å². The molecule has 1 aromatic heterocycles. The average molecular weight is 236 g/mol. The maximum atomic E-state index is 11.9. The second kappa shape index (κ2) is 3.91. The Hall–Kier alpha value is -1.78. The summed E-state index contributed by atoms with van der Waals surface area (Å²) in [5, 5.41) is 11.7. The number of carbonyl (C=O) groups is 2. The van der Waals surface area contributed by atoms with Gasteiger partial charge in [0.1, 0.15) is 5.69 Å². The number of aromatic nitrogens is 1. The molecule has 0 radical (unpaired) electrons. The Balaban J connectivity index is 1.99. The number of hydrogen-bond donors (Lipinski definition) is 2. The van der Waals surface area contributed by atoms with Gasteiger partial charge in [-0.3, -0.25) is 9.59 Å². The molecule has 0 unspecified atom stereocenters. The van der Waals surface area contributed by atoms with Crippen LogP contribution in [0.15, 0.2) is 12.1 Å². The first-order valence-corrected chi connectivity index (χ1v) is 5.60. The van der Waals surface area contributed by atoms with Crippen LogP contribution in [0.1, 0.15) is 29.0 Å². The van der Waals surface area contributed by atoms with Gasteiger partial charge in [0.15, 0.2) is 0 Å². The Morgan fingerprint density at radius 3 is 2.53 bits per heavy atom. The van der Waals surface area contributed by atoms with E-state index in [1.807, 2.05) is 20.0 Å². The van der Waals surface area contributed by atoms with Crippen LogP contribution in [0.4, 0.5) is 0 Å². The number of carbonyl (C=O) groups excluding carboxylic acids is 1. The van der Waals surface area contributed by atoms with Crippen molar-refractivity contribution in [2.24, 2.45) is 12.5 Å². The third-order valence-corrected chi connectivity index (χ3v) is 3.50. The van der Waals surface area contributed by atoms with Crippen molar-refractivity contribution < 1.29 is 14.7 Å².